The molecule has 0 aliphatic heterocycles. The number of para-hydroxylation sites is 1. The maximum atomic E-state index is 6.61. The standard InChI is InChI=1S/C35H22ClN3O/c36-29-18-17-28(31-27-11-5-6-12-30(27)40-32(29)31)35-38-33(25-15-13-21-7-1-3-9-23(21)19-25)37-34(39-35)26-16-14-22-8-2-4-10-24(22)20-26/h1,3-7,9-20H,2,8H2. The summed E-state index contributed by atoms with van der Waals surface area (Å²) in [6.07, 6.45) is 6.53. The van der Waals surface area contributed by atoms with Crippen LogP contribution in [-0.4, -0.2) is 15.0 Å². The van der Waals surface area contributed by atoms with Crippen molar-refractivity contribution in [3.63, 3.8) is 0 Å². The number of hydrogen-bond acceptors (Lipinski definition) is 4. The van der Waals surface area contributed by atoms with Crippen molar-refractivity contribution in [2.45, 2.75) is 12.8 Å². The van der Waals surface area contributed by atoms with E-state index in [9.17, 15) is 0 Å². The van der Waals surface area contributed by atoms with Crippen LogP contribution in [0.25, 0.3) is 73.0 Å². The van der Waals surface area contributed by atoms with E-state index in [4.69, 9.17) is 31.0 Å². The molecule has 40 heavy (non-hydrogen) atoms. The van der Waals surface area contributed by atoms with Crippen LogP contribution in [0.2, 0.25) is 5.02 Å². The molecule has 0 amide bonds. The Labute approximate surface area is 235 Å². The number of nitrogens with zero attached hydrogens (tertiary/aromatic N) is 3. The molecule has 1 aliphatic carbocycles. The zero-order valence-corrected chi connectivity index (χ0v) is 22.2. The fourth-order valence-electron chi connectivity index (χ4n) is 5.63. The predicted molar refractivity (Wildman–Crippen MR) is 163 cm³/mol. The number of fused-ring (bicyclic) bond motifs is 5. The number of halogens is 1. The van der Waals surface area contributed by atoms with Crippen molar-refractivity contribution in [3.8, 4) is 34.2 Å². The molecule has 0 radical (unpaired) electrons. The Morgan fingerprint density at radius 1 is 0.675 bits per heavy atom. The molecule has 5 heteroatoms. The van der Waals surface area contributed by atoms with Crippen LogP contribution < -0.4 is 0 Å². The summed E-state index contributed by atoms with van der Waals surface area (Å²) in [4.78, 5) is 15.1. The molecule has 0 atom stereocenters. The average molecular weight is 536 g/mol. The molecule has 0 saturated carbocycles. The van der Waals surface area contributed by atoms with Gasteiger partial charge in [0.05, 0.1) is 5.02 Å². The Kier molecular flexibility index (Phi) is 5.29. The van der Waals surface area contributed by atoms with Crippen molar-refractivity contribution < 1.29 is 4.42 Å². The number of furan rings is 1. The molecule has 0 fully saturated rings. The summed E-state index contributed by atoms with van der Waals surface area (Å²) < 4.78 is 6.17. The van der Waals surface area contributed by atoms with Crippen LogP contribution >= 0.6 is 11.6 Å². The van der Waals surface area contributed by atoms with Gasteiger partial charge < -0.3 is 4.42 Å². The van der Waals surface area contributed by atoms with E-state index in [0.717, 1.165) is 51.3 Å². The van der Waals surface area contributed by atoms with Crippen molar-refractivity contribution in [1.82, 2.24) is 15.0 Å². The van der Waals surface area contributed by atoms with Crippen LogP contribution in [-0.2, 0) is 6.42 Å². The van der Waals surface area contributed by atoms with E-state index in [1.165, 1.54) is 16.5 Å². The van der Waals surface area contributed by atoms with Gasteiger partial charge in [-0.2, -0.15) is 0 Å². The molecule has 0 N–H and O–H groups in total. The zero-order valence-electron chi connectivity index (χ0n) is 21.4. The first-order chi connectivity index (χ1) is 19.7. The first kappa shape index (κ1) is 23.1. The molecular formula is C35H22ClN3O. The average Bonchev–Trinajstić information content (AvgIpc) is 3.41. The van der Waals surface area contributed by atoms with Crippen molar-refractivity contribution in [1.29, 1.82) is 0 Å². The molecule has 0 bridgehead atoms. The minimum absolute atomic E-state index is 0.556. The SMILES string of the molecule is Clc1ccc(-c2nc(-c3ccc4c(c3)C=CCC4)nc(-c3ccc4ccccc4c3)n2)c2c1oc1ccccc12. The Hall–Kier alpha value is -4.80. The van der Waals surface area contributed by atoms with E-state index in [-0.39, 0.29) is 0 Å². The molecule has 2 aromatic heterocycles. The molecule has 0 unspecified atom stereocenters. The van der Waals surface area contributed by atoms with Crippen molar-refractivity contribution in [3.05, 3.63) is 119 Å². The van der Waals surface area contributed by atoms with Gasteiger partial charge in [0.2, 0.25) is 0 Å². The number of rotatable bonds is 3. The third-order valence-electron chi connectivity index (χ3n) is 7.64. The minimum atomic E-state index is 0.556. The third-order valence-corrected chi connectivity index (χ3v) is 7.94. The smallest absolute Gasteiger partial charge is 0.164 e. The maximum absolute atomic E-state index is 6.61. The molecule has 0 saturated heterocycles. The predicted octanol–water partition coefficient (Wildman–Crippen LogP) is 9.54. The van der Waals surface area contributed by atoms with Gasteiger partial charge in [0.15, 0.2) is 23.1 Å². The Morgan fingerprint density at radius 3 is 2.33 bits per heavy atom. The summed E-state index contributed by atoms with van der Waals surface area (Å²) in [5.74, 6) is 1.83. The van der Waals surface area contributed by atoms with Crippen molar-refractivity contribution in [2.75, 3.05) is 0 Å². The number of allylic oxidation sites excluding steroid dienone is 1. The summed E-state index contributed by atoms with van der Waals surface area (Å²) in [6, 6.07) is 32.9. The quantitative estimate of drug-likeness (QED) is 0.226. The largest absolute Gasteiger partial charge is 0.454 e. The molecule has 2 heterocycles. The van der Waals surface area contributed by atoms with Gasteiger partial charge in [-0.3, -0.25) is 0 Å². The van der Waals surface area contributed by atoms with Gasteiger partial charge in [-0.15, -0.1) is 0 Å². The number of benzene rings is 5. The summed E-state index contributed by atoms with van der Waals surface area (Å²) >= 11 is 6.61. The van der Waals surface area contributed by atoms with Crippen LogP contribution in [0, 0.1) is 0 Å². The van der Waals surface area contributed by atoms with Gasteiger partial charge in [0.25, 0.3) is 0 Å². The molecule has 190 valence electrons. The Balaban J connectivity index is 1.40. The Bertz CT molecular complexity index is 2140. The number of aromatic nitrogens is 3. The molecule has 0 spiro atoms. The highest BCUT2D eigenvalue weighted by atomic mass is 35.5. The summed E-state index contributed by atoms with van der Waals surface area (Å²) in [5.41, 5.74) is 6.72. The molecule has 8 rings (SSSR count). The van der Waals surface area contributed by atoms with Crippen molar-refractivity contribution >= 4 is 50.4 Å². The fourth-order valence-corrected chi connectivity index (χ4v) is 5.83. The van der Waals surface area contributed by atoms with Crippen LogP contribution in [0.5, 0.6) is 0 Å². The maximum Gasteiger partial charge on any atom is 0.164 e. The monoisotopic (exact) mass is 535 g/mol. The summed E-state index contributed by atoms with van der Waals surface area (Å²) in [5, 5.41) is 4.74. The lowest BCUT2D eigenvalue weighted by Gasteiger charge is -2.13. The van der Waals surface area contributed by atoms with Crippen LogP contribution in [0.1, 0.15) is 17.5 Å². The topological polar surface area (TPSA) is 51.8 Å². The first-order valence-electron chi connectivity index (χ1n) is 13.4. The minimum Gasteiger partial charge on any atom is -0.454 e. The lowest BCUT2D eigenvalue weighted by molar-refractivity contribution is 0.669. The summed E-state index contributed by atoms with van der Waals surface area (Å²) in [7, 11) is 0. The van der Waals surface area contributed by atoms with Gasteiger partial charge in [0, 0.05) is 27.5 Å². The van der Waals surface area contributed by atoms with E-state index in [1.54, 1.807) is 0 Å². The van der Waals surface area contributed by atoms with Gasteiger partial charge in [-0.05, 0) is 65.1 Å². The van der Waals surface area contributed by atoms with Crippen LogP contribution in [0.15, 0.2) is 108 Å². The lowest BCUT2D eigenvalue weighted by atomic mass is 9.95. The normalized spacial score (nSPS) is 12.8. The van der Waals surface area contributed by atoms with E-state index in [0.29, 0.717) is 28.1 Å². The van der Waals surface area contributed by atoms with E-state index >= 15 is 0 Å². The van der Waals surface area contributed by atoms with E-state index < -0.39 is 0 Å². The second-order valence-electron chi connectivity index (χ2n) is 10.1. The molecule has 5 aromatic carbocycles. The molecular weight excluding hydrogens is 514 g/mol. The zero-order chi connectivity index (χ0) is 26.6. The van der Waals surface area contributed by atoms with Gasteiger partial charge in [-0.25, -0.2) is 15.0 Å². The first-order valence-corrected chi connectivity index (χ1v) is 13.7. The van der Waals surface area contributed by atoms with Crippen LogP contribution in [0.3, 0.4) is 0 Å². The number of hydrogen-bond donors (Lipinski definition) is 0. The third kappa shape index (κ3) is 3.80. The Morgan fingerprint density at radius 2 is 1.43 bits per heavy atom. The van der Waals surface area contributed by atoms with E-state index in [2.05, 4.69) is 60.7 Å². The molecule has 4 nitrogen and oxygen atoms in total. The highest BCUT2D eigenvalue weighted by Gasteiger charge is 2.20. The van der Waals surface area contributed by atoms with Crippen LogP contribution in [0.4, 0.5) is 0 Å². The molecule has 1 aliphatic rings. The second-order valence-corrected chi connectivity index (χ2v) is 10.5. The lowest BCUT2D eigenvalue weighted by Crippen LogP contribution is -2.01. The van der Waals surface area contributed by atoms with Crippen molar-refractivity contribution in [2.24, 2.45) is 0 Å². The highest BCUT2D eigenvalue weighted by Crippen LogP contribution is 2.40. The van der Waals surface area contributed by atoms with E-state index in [1.807, 2.05) is 48.5 Å². The van der Waals surface area contributed by atoms with Gasteiger partial charge in [0.1, 0.15) is 5.58 Å². The van der Waals surface area contributed by atoms with Gasteiger partial charge >= 0.3 is 0 Å². The number of aryl methyl sites for hydroxylation is 1. The highest BCUT2D eigenvalue weighted by molar-refractivity contribution is 6.36. The second kappa shape index (κ2) is 9.15. The van der Waals surface area contributed by atoms with Gasteiger partial charge in [-0.1, -0.05) is 90.5 Å². The molecule has 7 aromatic rings. The summed E-state index contributed by atoms with van der Waals surface area (Å²) in [6.45, 7) is 0. The fraction of sp³-hybridized carbons (Fsp3) is 0.0571.